The molecule has 2 amide bonds. The molecule has 3 N–H and O–H groups in total. The third-order valence-corrected chi connectivity index (χ3v) is 8.48. The van der Waals surface area contributed by atoms with Crippen LogP contribution in [0.2, 0.25) is 10.0 Å². The summed E-state index contributed by atoms with van der Waals surface area (Å²) in [6.45, 7) is 4.20. The summed E-state index contributed by atoms with van der Waals surface area (Å²) in [4.78, 5) is 27.4. The Morgan fingerprint density at radius 3 is 2.49 bits per heavy atom. The summed E-state index contributed by atoms with van der Waals surface area (Å²) in [6, 6.07) is 16.8. The first kappa shape index (κ1) is 30.6. The third-order valence-electron chi connectivity index (χ3n) is 6.57. The first-order valence-electron chi connectivity index (χ1n) is 13.3. The zero-order valence-corrected chi connectivity index (χ0v) is 24.9. The molecule has 0 bridgehead atoms. The number of carbonyl (C=O) groups is 2. The van der Waals surface area contributed by atoms with E-state index in [2.05, 4.69) is 15.4 Å². The van der Waals surface area contributed by atoms with E-state index in [9.17, 15) is 18.0 Å². The standard InChI is InChI=1S/C29H32Cl2N4O5S/c1-2-16-35(22-6-5-15-32-18-22)28(36)19-33-29(37)20-9-12-23(13-10-20)41(38,39)34-25-7-3-4-8-27(25)40-26-14-11-21(30)17-24(26)31/h3-4,7-14,17,22,32,34H,2,5-6,15-16,18-19H2,1H3,(H,33,37). The van der Waals surface area contributed by atoms with Crippen molar-refractivity contribution in [2.75, 3.05) is 30.9 Å². The number of rotatable bonds is 11. The van der Waals surface area contributed by atoms with Gasteiger partial charge in [0, 0.05) is 29.7 Å². The molecular formula is C29H32Cl2N4O5S. The van der Waals surface area contributed by atoms with Gasteiger partial charge in [-0.25, -0.2) is 8.42 Å². The van der Waals surface area contributed by atoms with E-state index in [4.69, 9.17) is 27.9 Å². The molecule has 1 aliphatic rings. The van der Waals surface area contributed by atoms with E-state index >= 15 is 0 Å². The summed E-state index contributed by atoms with van der Waals surface area (Å²) in [5.41, 5.74) is 0.433. The highest BCUT2D eigenvalue weighted by Crippen LogP contribution is 2.35. The van der Waals surface area contributed by atoms with E-state index in [0.717, 1.165) is 32.4 Å². The molecule has 1 heterocycles. The van der Waals surface area contributed by atoms with Gasteiger partial charge in [-0.1, -0.05) is 42.3 Å². The number of carbonyl (C=O) groups excluding carboxylic acids is 2. The average molecular weight is 620 g/mol. The number of nitrogens with one attached hydrogen (secondary N) is 3. The third kappa shape index (κ3) is 8.13. The van der Waals surface area contributed by atoms with Crippen molar-refractivity contribution < 1.29 is 22.7 Å². The van der Waals surface area contributed by atoms with Gasteiger partial charge in [-0.15, -0.1) is 0 Å². The number of benzene rings is 3. The molecular weight excluding hydrogens is 587 g/mol. The predicted octanol–water partition coefficient (Wildman–Crippen LogP) is 5.31. The van der Waals surface area contributed by atoms with Crippen LogP contribution in [-0.4, -0.2) is 57.4 Å². The lowest BCUT2D eigenvalue weighted by Gasteiger charge is -2.34. The summed E-state index contributed by atoms with van der Waals surface area (Å²) in [7, 11) is -4.03. The Morgan fingerprint density at radius 1 is 1.05 bits per heavy atom. The number of nitrogens with zero attached hydrogens (tertiary/aromatic N) is 1. The van der Waals surface area contributed by atoms with Gasteiger partial charge >= 0.3 is 0 Å². The van der Waals surface area contributed by atoms with Crippen LogP contribution < -0.4 is 20.1 Å². The van der Waals surface area contributed by atoms with E-state index in [1.54, 1.807) is 36.4 Å². The van der Waals surface area contributed by atoms with Gasteiger partial charge in [0.15, 0.2) is 5.75 Å². The molecule has 1 fully saturated rings. The van der Waals surface area contributed by atoms with Crippen LogP contribution >= 0.6 is 23.2 Å². The Bertz CT molecular complexity index is 1480. The lowest BCUT2D eigenvalue weighted by Crippen LogP contribution is -2.51. The lowest BCUT2D eigenvalue weighted by atomic mass is 10.1. The van der Waals surface area contributed by atoms with Gasteiger partial charge in [0.05, 0.1) is 22.2 Å². The molecule has 218 valence electrons. The Balaban J connectivity index is 1.40. The summed E-state index contributed by atoms with van der Waals surface area (Å²) in [6.07, 6.45) is 2.76. The molecule has 9 nitrogen and oxygen atoms in total. The van der Waals surface area contributed by atoms with Crippen LogP contribution in [0, 0.1) is 0 Å². The van der Waals surface area contributed by atoms with Crippen molar-refractivity contribution in [2.45, 2.75) is 37.1 Å². The van der Waals surface area contributed by atoms with Gasteiger partial charge in [0.1, 0.15) is 5.75 Å². The average Bonchev–Trinajstić information content (AvgIpc) is 2.97. The summed E-state index contributed by atoms with van der Waals surface area (Å²) in [5.74, 6) is -0.0583. The number of hydrogen-bond donors (Lipinski definition) is 3. The minimum atomic E-state index is -4.03. The molecule has 4 rings (SSSR count). The van der Waals surface area contributed by atoms with Crippen molar-refractivity contribution in [3.8, 4) is 11.5 Å². The number of halogens is 2. The molecule has 0 spiro atoms. The van der Waals surface area contributed by atoms with E-state index < -0.39 is 15.9 Å². The summed E-state index contributed by atoms with van der Waals surface area (Å²) >= 11 is 12.1. The topological polar surface area (TPSA) is 117 Å². The number of ether oxygens (including phenoxy) is 1. The maximum atomic E-state index is 13.1. The summed E-state index contributed by atoms with van der Waals surface area (Å²) in [5, 5.41) is 6.69. The second-order valence-electron chi connectivity index (χ2n) is 9.57. The van der Waals surface area contributed by atoms with Crippen molar-refractivity contribution in [1.82, 2.24) is 15.5 Å². The van der Waals surface area contributed by atoms with Gasteiger partial charge < -0.3 is 20.3 Å². The molecule has 3 aromatic carbocycles. The zero-order chi connectivity index (χ0) is 29.4. The fourth-order valence-electron chi connectivity index (χ4n) is 4.52. The highest BCUT2D eigenvalue weighted by atomic mass is 35.5. The number of para-hydroxylation sites is 2. The molecule has 41 heavy (non-hydrogen) atoms. The fourth-order valence-corrected chi connectivity index (χ4v) is 6.03. The minimum Gasteiger partial charge on any atom is -0.454 e. The number of sulfonamides is 1. The number of anilines is 1. The SMILES string of the molecule is CCCN(C(=O)CNC(=O)c1ccc(S(=O)(=O)Nc2ccccc2Oc2ccc(Cl)cc2Cl)cc1)C1CCCNC1. The van der Waals surface area contributed by atoms with E-state index in [0.29, 0.717) is 17.3 Å². The maximum Gasteiger partial charge on any atom is 0.262 e. The Kier molecular flexibility index (Phi) is 10.5. The van der Waals surface area contributed by atoms with Gasteiger partial charge in [-0.3, -0.25) is 14.3 Å². The molecule has 3 aromatic rings. The Labute approximate surface area is 250 Å². The van der Waals surface area contributed by atoms with Gasteiger partial charge in [0.25, 0.3) is 15.9 Å². The van der Waals surface area contributed by atoms with Gasteiger partial charge in [0.2, 0.25) is 5.91 Å². The number of amides is 2. The van der Waals surface area contributed by atoms with Crippen molar-refractivity contribution >= 4 is 50.7 Å². The van der Waals surface area contributed by atoms with E-state index in [1.807, 2.05) is 11.8 Å². The molecule has 0 radical (unpaired) electrons. The van der Waals surface area contributed by atoms with Crippen LogP contribution in [0.5, 0.6) is 11.5 Å². The normalized spacial score (nSPS) is 15.1. The first-order valence-corrected chi connectivity index (χ1v) is 15.5. The quantitative estimate of drug-likeness (QED) is 0.268. The number of piperidine rings is 1. The Morgan fingerprint density at radius 2 is 1.80 bits per heavy atom. The maximum absolute atomic E-state index is 13.1. The van der Waals surface area contributed by atoms with Crippen molar-refractivity contribution in [3.05, 3.63) is 82.3 Å². The fraction of sp³-hybridized carbons (Fsp3) is 0.310. The van der Waals surface area contributed by atoms with Crippen molar-refractivity contribution in [3.63, 3.8) is 0 Å². The highest BCUT2D eigenvalue weighted by molar-refractivity contribution is 7.92. The second kappa shape index (κ2) is 14.0. The molecule has 1 aliphatic heterocycles. The molecule has 1 unspecified atom stereocenters. The molecule has 1 atom stereocenters. The smallest absolute Gasteiger partial charge is 0.262 e. The number of hydrogen-bond acceptors (Lipinski definition) is 6. The van der Waals surface area contributed by atoms with Gasteiger partial charge in [-0.2, -0.15) is 0 Å². The van der Waals surface area contributed by atoms with Crippen molar-refractivity contribution in [1.29, 1.82) is 0 Å². The van der Waals surface area contributed by atoms with Crippen LogP contribution in [0.1, 0.15) is 36.5 Å². The van der Waals surface area contributed by atoms with E-state index in [1.165, 1.54) is 30.3 Å². The highest BCUT2D eigenvalue weighted by Gasteiger charge is 2.25. The molecule has 1 saturated heterocycles. The molecule has 0 aliphatic carbocycles. The summed E-state index contributed by atoms with van der Waals surface area (Å²) < 4.78 is 34.6. The predicted molar refractivity (Wildman–Crippen MR) is 160 cm³/mol. The minimum absolute atomic E-state index is 0.0524. The molecule has 12 heteroatoms. The van der Waals surface area contributed by atoms with Crippen LogP contribution in [-0.2, 0) is 14.8 Å². The monoisotopic (exact) mass is 618 g/mol. The van der Waals surface area contributed by atoms with Crippen LogP contribution in [0.4, 0.5) is 5.69 Å². The Hall–Kier alpha value is -3.31. The van der Waals surface area contributed by atoms with Gasteiger partial charge in [-0.05, 0) is 80.4 Å². The van der Waals surface area contributed by atoms with E-state index in [-0.39, 0.29) is 45.4 Å². The van der Waals surface area contributed by atoms with Crippen LogP contribution in [0.15, 0.2) is 71.6 Å². The lowest BCUT2D eigenvalue weighted by molar-refractivity contribution is -0.132. The second-order valence-corrected chi connectivity index (χ2v) is 12.1. The first-order chi connectivity index (χ1) is 19.7. The van der Waals surface area contributed by atoms with Crippen LogP contribution in [0.25, 0.3) is 0 Å². The zero-order valence-electron chi connectivity index (χ0n) is 22.5. The molecule has 0 saturated carbocycles. The van der Waals surface area contributed by atoms with Crippen molar-refractivity contribution in [2.24, 2.45) is 0 Å². The van der Waals surface area contributed by atoms with Crippen LogP contribution in [0.3, 0.4) is 0 Å². The largest absolute Gasteiger partial charge is 0.454 e. The molecule has 0 aromatic heterocycles.